The molecule has 1 aromatic carbocycles. The highest BCUT2D eigenvalue weighted by atomic mass is 32.2. The summed E-state index contributed by atoms with van der Waals surface area (Å²) in [6, 6.07) is 7.57. The van der Waals surface area contributed by atoms with Crippen molar-refractivity contribution in [2.24, 2.45) is 5.92 Å². The minimum atomic E-state index is -4.16. The predicted molar refractivity (Wildman–Crippen MR) is 145 cm³/mol. The lowest BCUT2D eigenvalue weighted by Crippen LogP contribution is -2.31. The smallest absolute Gasteiger partial charge is 0.421 e. The van der Waals surface area contributed by atoms with Crippen LogP contribution in [-0.4, -0.2) is 40.6 Å². The first-order valence-electron chi connectivity index (χ1n) is 12.0. The van der Waals surface area contributed by atoms with Gasteiger partial charge in [0, 0.05) is 42.5 Å². The number of ether oxygens (including phenoxy) is 1. The van der Waals surface area contributed by atoms with Crippen LogP contribution in [0.5, 0.6) is 0 Å². The lowest BCUT2D eigenvalue weighted by atomic mass is 10.1. The minimum Gasteiger partial charge on any atom is -0.449 e. The van der Waals surface area contributed by atoms with Gasteiger partial charge in [0.2, 0.25) is 0 Å². The summed E-state index contributed by atoms with van der Waals surface area (Å²) in [6.45, 7) is 6.79. The molecule has 0 fully saturated rings. The van der Waals surface area contributed by atoms with E-state index in [0.29, 0.717) is 41.6 Å². The molecule has 3 aromatic heterocycles. The van der Waals surface area contributed by atoms with Crippen LogP contribution in [0.3, 0.4) is 0 Å². The van der Waals surface area contributed by atoms with E-state index >= 15 is 0 Å². The fourth-order valence-electron chi connectivity index (χ4n) is 3.58. The van der Waals surface area contributed by atoms with Crippen molar-refractivity contribution in [1.82, 2.24) is 24.2 Å². The number of rotatable bonds is 11. The van der Waals surface area contributed by atoms with Crippen molar-refractivity contribution >= 4 is 38.8 Å². The monoisotopic (exact) mass is 559 g/mol. The molecule has 0 aliphatic carbocycles. The van der Waals surface area contributed by atoms with Crippen LogP contribution < -0.4 is 4.72 Å². The summed E-state index contributed by atoms with van der Waals surface area (Å²) in [5.74, 6) is 1.09. The number of sulfonamides is 1. The number of amides is 1. The largest absolute Gasteiger partial charge is 0.449 e. The number of carbonyl (C=O) groups excluding carboxylic acids is 1. The topological polar surface area (TPSA) is 116 Å². The molecule has 1 N–H and O–H groups in total. The number of hydrogen-bond donors (Lipinski definition) is 1. The van der Waals surface area contributed by atoms with Crippen LogP contribution in [0.1, 0.15) is 44.2 Å². The van der Waals surface area contributed by atoms with E-state index in [4.69, 9.17) is 4.74 Å². The number of benzene rings is 1. The van der Waals surface area contributed by atoms with Crippen LogP contribution in [0, 0.1) is 5.92 Å². The highest BCUT2D eigenvalue weighted by molar-refractivity contribution is 7.92. The van der Waals surface area contributed by atoms with E-state index in [1.54, 1.807) is 12.4 Å². The summed E-state index contributed by atoms with van der Waals surface area (Å²) in [5.41, 5.74) is 1.99. The summed E-state index contributed by atoms with van der Waals surface area (Å²) in [4.78, 5) is 25.5. The molecule has 9 nitrogen and oxygen atoms in total. The van der Waals surface area contributed by atoms with Gasteiger partial charge in [0.1, 0.15) is 5.69 Å². The summed E-state index contributed by atoms with van der Waals surface area (Å²) >= 11 is 2.61. The molecule has 37 heavy (non-hydrogen) atoms. The van der Waals surface area contributed by atoms with Gasteiger partial charge in [0.25, 0.3) is 10.0 Å². The Kier molecular flexibility index (Phi) is 8.72. The molecule has 3 heterocycles. The third-order valence-electron chi connectivity index (χ3n) is 5.34. The molecule has 12 heteroatoms. The van der Waals surface area contributed by atoms with E-state index in [-0.39, 0.29) is 10.8 Å². The molecular weight excluding hydrogens is 531 g/mol. The molecule has 0 atom stereocenters. The van der Waals surface area contributed by atoms with Gasteiger partial charge >= 0.3 is 6.09 Å². The Morgan fingerprint density at radius 3 is 2.62 bits per heavy atom. The number of thiazole rings is 2. The van der Waals surface area contributed by atoms with Crippen molar-refractivity contribution in [3.63, 3.8) is 0 Å². The van der Waals surface area contributed by atoms with Crippen LogP contribution in [0.2, 0.25) is 0 Å². The molecule has 4 aromatic rings. The molecule has 0 aliphatic heterocycles. The number of carbonyl (C=O) groups is 1. The quantitative estimate of drug-likeness (QED) is 0.238. The Bertz CT molecular complexity index is 1430. The highest BCUT2D eigenvalue weighted by Crippen LogP contribution is 2.33. The van der Waals surface area contributed by atoms with Crippen molar-refractivity contribution in [3.8, 4) is 22.1 Å². The van der Waals surface area contributed by atoms with Gasteiger partial charge in [-0.2, -0.15) is 0 Å². The van der Waals surface area contributed by atoms with Gasteiger partial charge in [0.15, 0.2) is 15.0 Å². The number of imidazole rings is 1. The maximum Gasteiger partial charge on any atom is 0.421 e. The van der Waals surface area contributed by atoms with Crippen LogP contribution in [0.25, 0.3) is 22.1 Å². The first kappa shape index (κ1) is 27.0. The Labute approximate surface area is 224 Å². The van der Waals surface area contributed by atoms with E-state index in [2.05, 4.69) is 15.0 Å². The van der Waals surface area contributed by atoms with Crippen LogP contribution in [0.15, 0.2) is 52.4 Å². The SMILES string of the molecule is CCCCOC(=O)NS(=O)(=O)c1sc(CC(C)C)nc1-c1ccc(Cn2ccnc2-c2nccs2)cc1. The zero-order valence-electron chi connectivity index (χ0n) is 20.9. The first-order valence-corrected chi connectivity index (χ1v) is 15.1. The van der Waals surface area contributed by atoms with Crippen molar-refractivity contribution < 1.29 is 17.9 Å². The maximum atomic E-state index is 13.1. The highest BCUT2D eigenvalue weighted by Gasteiger charge is 2.27. The molecule has 1 amide bonds. The van der Waals surface area contributed by atoms with Gasteiger partial charge < -0.3 is 9.30 Å². The summed E-state index contributed by atoms with van der Waals surface area (Å²) in [6.07, 6.45) is 6.54. The molecule has 0 saturated carbocycles. The van der Waals surface area contributed by atoms with Gasteiger partial charge in [-0.15, -0.1) is 22.7 Å². The number of unbranched alkanes of at least 4 members (excludes halogenated alkanes) is 1. The van der Waals surface area contributed by atoms with Gasteiger partial charge in [0.05, 0.1) is 11.6 Å². The Morgan fingerprint density at radius 1 is 1.16 bits per heavy atom. The lowest BCUT2D eigenvalue weighted by molar-refractivity contribution is 0.151. The number of aromatic nitrogens is 4. The van der Waals surface area contributed by atoms with E-state index in [1.807, 2.05) is 65.9 Å². The first-order chi connectivity index (χ1) is 17.8. The minimum absolute atomic E-state index is 0.00371. The van der Waals surface area contributed by atoms with Crippen LogP contribution in [0.4, 0.5) is 4.79 Å². The van der Waals surface area contributed by atoms with E-state index < -0.39 is 16.1 Å². The Hall–Kier alpha value is -3.09. The second-order valence-electron chi connectivity index (χ2n) is 8.85. The van der Waals surface area contributed by atoms with Crippen molar-refractivity contribution in [1.29, 1.82) is 0 Å². The zero-order valence-corrected chi connectivity index (χ0v) is 23.3. The standard InChI is InChI=1S/C25H29N5O4S3/c1-4-5-13-34-25(31)29-37(32,33)24-21(28-20(36-24)15-17(2)3)19-8-6-18(7-9-19)16-30-12-10-26-22(30)23-27-11-14-35-23/h6-12,14,17H,4-5,13,15-16H2,1-3H3,(H,29,31). The fraction of sp³-hybridized carbons (Fsp3) is 0.360. The number of hydrogen-bond acceptors (Lipinski definition) is 9. The molecule has 0 aliphatic rings. The second-order valence-corrected chi connectivity index (χ2v) is 12.7. The molecular formula is C25H29N5O4S3. The molecule has 196 valence electrons. The predicted octanol–water partition coefficient (Wildman–Crippen LogP) is 5.59. The van der Waals surface area contributed by atoms with Crippen molar-refractivity contribution in [2.75, 3.05) is 6.61 Å². The van der Waals surface area contributed by atoms with Gasteiger partial charge in [-0.25, -0.2) is 32.9 Å². The average Bonchev–Trinajstić information content (AvgIpc) is 3.60. The van der Waals surface area contributed by atoms with Gasteiger partial charge in [-0.05, 0) is 17.9 Å². The van der Waals surface area contributed by atoms with Crippen LogP contribution >= 0.6 is 22.7 Å². The van der Waals surface area contributed by atoms with Crippen molar-refractivity contribution in [3.05, 3.63) is 58.8 Å². The summed E-state index contributed by atoms with van der Waals surface area (Å²) in [5, 5.41) is 3.45. The molecule has 0 saturated heterocycles. The molecule has 0 spiro atoms. The Balaban J connectivity index is 1.58. The van der Waals surface area contributed by atoms with Gasteiger partial charge in [-0.3, -0.25) is 0 Å². The van der Waals surface area contributed by atoms with Crippen LogP contribution in [-0.2, 0) is 27.7 Å². The third kappa shape index (κ3) is 6.82. The second kappa shape index (κ2) is 12.0. The lowest BCUT2D eigenvalue weighted by Gasteiger charge is -2.09. The Morgan fingerprint density at radius 2 is 1.95 bits per heavy atom. The molecule has 4 rings (SSSR count). The zero-order chi connectivity index (χ0) is 26.4. The molecule has 0 unspecified atom stereocenters. The fourth-order valence-corrected chi connectivity index (χ4v) is 6.89. The molecule has 0 radical (unpaired) electrons. The summed E-state index contributed by atoms with van der Waals surface area (Å²) < 4.78 is 35.3. The third-order valence-corrected chi connectivity index (χ3v) is 9.00. The van der Waals surface area contributed by atoms with E-state index in [0.717, 1.165) is 34.2 Å². The van der Waals surface area contributed by atoms with E-state index in [9.17, 15) is 13.2 Å². The normalized spacial score (nSPS) is 11.7. The molecule has 0 bridgehead atoms. The summed E-state index contributed by atoms with van der Waals surface area (Å²) in [7, 11) is -4.16. The van der Waals surface area contributed by atoms with E-state index in [1.165, 1.54) is 11.3 Å². The van der Waals surface area contributed by atoms with Crippen molar-refractivity contribution in [2.45, 2.75) is 50.8 Å². The number of nitrogens with one attached hydrogen (secondary N) is 1. The number of nitrogens with zero attached hydrogens (tertiary/aromatic N) is 4. The van der Waals surface area contributed by atoms with Gasteiger partial charge in [-0.1, -0.05) is 51.5 Å². The average molecular weight is 560 g/mol. The maximum absolute atomic E-state index is 13.1.